The predicted molar refractivity (Wildman–Crippen MR) is 69.6 cm³/mol. The largest absolute Gasteiger partial charge is 0.456 e. The van der Waals surface area contributed by atoms with Crippen molar-refractivity contribution < 1.29 is 18.8 Å². The molecule has 0 atom stereocenters. The zero-order valence-electron chi connectivity index (χ0n) is 10.5. The number of nitro groups is 1. The van der Waals surface area contributed by atoms with E-state index >= 15 is 0 Å². The van der Waals surface area contributed by atoms with Gasteiger partial charge in [-0.25, -0.2) is 4.39 Å². The zero-order chi connectivity index (χ0) is 14.7. The fourth-order valence-electron chi connectivity index (χ4n) is 1.72. The number of carbonyl (C=O) groups is 1. The summed E-state index contributed by atoms with van der Waals surface area (Å²) < 4.78 is 19.0. The summed E-state index contributed by atoms with van der Waals surface area (Å²) in [6.45, 7) is 1.22. The smallest absolute Gasteiger partial charge is 0.273 e. The molecule has 0 N–H and O–H groups in total. The van der Waals surface area contributed by atoms with Gasteiger partial charge in [0.25, 0.3) is 5.69 Å². The van der Waals surface area contributed by atoms with Crippen molar-refractivity contribution in [3.63, 3.8) is 0 Å². The zero-order valence-corrected chi connectivity index (χ0v) is 10.5. The number of benzene rings is 2. The molecule has 0 saturated carbocycles. The van der Waals surface area contributed by atoms with Crippen LogP contribution < -0.4 is 4.74 Å². The summed E-state index contributed by atoms with van der Waals surface area (Å²) in [7, 11) is 0. The molecule has 102 valence electrons. The number of ether oxygens (including phenoxy) is 1. The van der Waals surface area contributed by atoms with Gasteiger partial charge in [-0.2, -0.15) is 0 Å². The molecule has 0 spiro atoms. The van der Waals surface area contributed by atoms with Crippen LogP contribution in [0.3, 0.4) is 0 Å². The number of non-ortho nitro benzene ring substituents is 1. The molecule has 2 aromatic rings. The van der Waals surface area contributed by atoms with Gasteiger partial charge in [0.2, 0.25) is 0 Å². The van der Waals surface area contributed by atoms with Crippen molar-refractivity contribution in [3.8, 4) is 11.5 Å². The molecule has 0 bridgehead atoms. The maximum Gasteiger partial charge on any atom is 0.273 e. The number of nitro benzene ring substituents is 1. The minimum atomic E-state index is -0.694. The molecule has 2 aromatic carbocycles. The van der Waals surface area contributed by atoms with Crippen LogP contribution in [0.2, 0.25) is 0 Å². The van der Waals surface area contributed by atoms with Gasteiger partial charge in [-0.3, -0.25) is 14.9 Å². The highest BCUT2D eigenvalue weighted by atomic mass is 19.1. The van der Waals surface area contributed by atoms with E-state index in [0.717, 1.165) is 6.07 Å². The molecule has 0 aliphatic carbocycles. The first kappa shape index (κ1) is 13.7. The first-order chi connectivity index (χ1) is 9.49. The number of hydrogen-bond acceptors (Lipinski definition) is 4. The Hall–Kier alpha value is -2.76. The molecule has 5 nitrogen and oxygen atoms in total. The highest BCUT2D eigenvalue weighted by Gasteiger charge is 2.15. The van der Waals surface area contributed by atoms with Crippen LogP contribution in [0.5, 0.6) is 11.5 Å². The van der Waals surface area contributed by atoms with Gasteiger partial charge in [0.15, 0.2) is 5.78 Å². The van der Waals surface area contributed by atoms with E-state index in [1.165, 1.54) is 43.3 Å². The van der Waals surface area contributed by atoms with Gasteiger partial charge in [-0.15, -0.1) is 0 Å². The topological polar surface area (TPSA) is 69.4 Å². The van der Waals surface area contributed by atoms with E-state index in [-0.39, 0.29) is 22.7 Å². The maximum atomic E-state index is 13.6. The van der Waals surface area contributed by atoms with Gasteiger partial charge < -0.3 is 4.74 Å². The predicted octanol–water partition coefficient (Wildman–Crippen LogP) is 3.73. The highest BCUT2D eigenvalue weighted by Crippen LogP contribution is 2.29. The molecule has 0 unspecified atom stereocenters. The van der Waals surface area contributed by atoms with Crippen LogP contribution in [0, 0.1) is 15.9 Å². The van der Waals surface area contributed by atoms with E-state index in [4.69, 9.17) is 4.74 Å². The molecule has 2 rings (SSSR count). The van der Waals surface area contributed by atoms with Crippen molar-refractivity contribution in [1.82, 2.24) is 0 Å². The minimum Gasteiger partial charge on any atom is -0.456 e. The van der Waals surface area contributed by atoms with Crippen LogP contribution in [0.4, 0.5) is 10.1 Å². The van der Waals surface area contributed by atoms with Gasteiger partial charge in [0, 0.05) is 6.07 Å². The summed E-state index contributed by atoms with van der Waals surface area (Å²) in [4.78, 5) is 21.5. The molecule has 6 heteroatoms. The lowest BCUT2D eigenvalue weighted by Crippen LogP contribution is -2.01. The van der Waals surface area contributed by atoms with E-state index in [0.29, 0.717) is 0 Å². The monoisotopic (exact) mass is 275 g/mol. The Morgan fingerprint density at radius 2 is 1.95 bits per heavy atom. The van der Waals surface area contributed by atoms with Crippen LogP contribution in [-0.2, 0) is 0 Å². The van der Waals surface area contributed by atoms with Crippen molar-refractivity contribution in [1.29, 1.82) is 0 Å². The third-order valence-electron chi connectivity index (χ3n) is 2.58. The average molecular weight is 275 g/mol. The molecule has 0 saturated heterocycles. The second kappa shape index (κ2) is 5.48. The summed E-state index contributed by atoms with van der Waals surface area (Å²) in [6, 6.07) is 9.42. The summed E-state index contributed by atoms with van der Waals surface area (Å²) in [5.74, 6) is -0.991. The van der Waals surface area contributed by atoms with E-state index in [1.54, 1.807) is 0 Å². The number of Topliss-reactive ketones (excluding diaryl/α,β-unsaturated/α-hetero) is 1. The van der Waals surface area contributed by atoms with Gasteiger partial charge in [-0.05, 0) is 25.1 Å². The van der Waals surface area contributed by atoms with Crippen molar-refractivity contribution in [3.05, 3.63) is 64.0 Å². The first-order valence-corrected chi connectivity index (χ1v) is 5.71. The number of rotatable bonds is 4. The fraction of sp³-hybridized carbons (Fsp3) is 0.0714. The third-order valence-corrected chi connectivity index (χ3v) is 2.58. The molecule has 0 fully saturated rings. The number of ketones is 1. The van der Waals surface area contributed by atoms with Gasteiger partial charge in [0.05, 0.1) is 16.6 Å². The third kappa shape index (κ3) is 2.80. The summed E-state index contributed by atoms with van der Waals surface area (Å²) in [5.41, 5.74) is -0.331. The first-order valence-electron chi connectivity index (χ1n) is 5.71. The van der Waals surface area contributed by atoms with Gasteiger partial charge in [-0.1, -0.05) is 12.1 Å². The van der Waals surface area contributed by atoms with Crippen LogP contribution in [0.1, 0.15) is 17.3 Å². The Kier molecular flexibility index (Phi) is 3.74. The molecule has 0 aliphatic heterocycles. The normalized spacial score (nSPS) is 10.1. The molecule has 0 aromatic heterocycles. The van der Waals surface area contributed by atoms with Crippen LogP contribution in [0.15, 0.2) is 42.5 Å². The molecule has 0 amide bonds. The van der Waals surface area contributed by atoms with E-state index < -0.39 is 16.5 Å². The molecular formula is C14H10FNO4. The summed E-state index contributed by atoms with van der Waals surface area (Å²) in [5, 5.41) is 10.7. The van der Waals surface area contributed by atoms with Crippen molar-refractivity contribution >= 4 is 11.5 Å². The maximum absolute atomic E-state index is 13.6. The molecule has 0 heterocycles. The lowest BCUT2D eigenvalue weighted by molar-refractivity contribution is -0.384. The van der Waals surface area contributed by atoms with Crippen molar-refractivity contribution in [2.75, 3.05) is 0 Å². The molecule has 0 radical (unpaired) electrons. The average Bonchev–Trinajstić information content (AvgIpc) is 2.38. The lowest BCUT2D eigenvalue weighted by atomic mass is 10.1. The minimum absolute atomic E-state index is 0.0259. The van der Waals surface area contributed by atoms with E-state index in [9.17, 15) is 19.3 Å². The fourth-order valence-corrected chi connectivity index (χ4v) is 1.72. The van der Waals surface area contributed by atoms with Crippen molar-refractivity contribution in [2.24, 2.45) is 0 Å². The number of halogens is 1. The van der Waals surface area contributed by atoms with Gasteiger partial charge in [0.1, 0.15) is 17.3 Å². The Morgan fingerprint density at radius 1 is 1.25 bits per heavy atom. The van der Waals surface area contributed by atoms with E-state index in [1.807, 2.05) is 0 Å². The SMILES string of the molecule is CC(=O)c1c(F)cccc1Oc1cccc([N+](=O)[O-])c1. The Morgan fingerprint density at radius 3 is 2.60 bits per heavy atom. The van der Waals surface area contributed by atoms with Crippen LogP contribution in [-0.4, -0.2) is 10.7 Å². The number of hydrogen-bond donors (Lipinski definition) is 0. The Labute approximate surface area is 113 Å². The Balaban J connectivity index is 2.40. The molecular weight excluding hydrogens is 265 g/mol. The standard InChI is InChI=1S/C14H10FNO4/c1-9(17)14-12(15)6-3-7-13(14)20-11-5-2-4-10(8-11)16(18)19/h2-8H,1H3. The van der Waals surface area contributed by atoms with Crippen LogP contribution >= 0.6 is 0 Å². The summed E-state index contributed by atoms with van der Waals surface area (Å²) in [6.07, 6.45) is 0. The second-order valence-corrected chi connectivity index (χ2v) is 4.03. The Bertz CT molecular complexity index is 685. The quantitative estimate of drug-likeness (QED) is 0.484. The van der Waals surface area contributed by atoms with E-state index in [2.05, 4.69) is 0 Å². The highest BCUT2D eigenvalue weighted by molar-refractivity contribution is 5.97. The molecule has 20 heavy (non-hydrogen) atoms. The van der Waals surface area contributed by atoms with Crippen molar-refractivity contribution in [2.45, 2.75) is 6.92 Å². The van der Waals surface area contributed by atoms with Crippen LogP contribution in [0.25, 0.3) is 0 Å². The number of carbonyl (C=O) groups excluding carboxylic acids is 1. The number of nitrogens with zero attached hydrogens (tertiary/aromatic N) is 1. The second-order valence-electron chi connectivity index (χ2n) is 4.03. The summed E-state index contributed by atoms with van der Waals surface area (Å²) >= 11 is 0. The molecule has 0 aliphatic rings. The lowest BCUT2D eigenvalue weighted by Gasteiger charge is -2.09. The van der Waals surface area contributed by atoms with Gasteiger partial charge >= 0.3 is 0 Å².